The summed E-state index contributed by atoms with van der Waals surface area (Å²) in [6.07, 6.45) is 0.0275. The summed E-state index contributed by atoms with van der Waals surface area (Å²) in [7, 11) is -2.10. The van der Waals surface area contributed by atoms with Crippen molar-refractivity contribution in [2.45, 2.75) is 51.7 Å². The average Bonchev–Trinajstić information content (AvgIpc) is 3.10. The summed E-state index contributed by atoms with van der Waals surface area (Å²) < 4.78 is 35.5. The topological polar surface area (TPSA) is 81.4 Å². The van der Waals surface area contributed by atoms with Crippen LogP contribution in [-0.4, -0.2) is 28.7 Å². The molecule has 0 fully saturated rings. The third-order valence-electron chi connectivity index (χ3n) is 6.50. The zero-order valence-electron chi connectivity index (χ0n) is 18.2. The molecule has 9 heteroatoms. The molecule has 2 aromatic heterocycles. The fourth-order valence-corrected chi connectivity index (χ4v) is 7.06. The summed E-state index contributed by atoms with van der Waals surface area (Å²) in [4.78, 5) is 30.2. The molecule has 0 saturated carbocycles. The molecule has 32 heavy (non-hydrogen) atoms. The molecule has 1 atom stereocenters. The van der Waals surface area contributed by atoms with Crippen molar-refractivity contribution in [2.75, 3.05) is 0 Å². The van der Waals surface area contributed by atoms with Crippen LogP contribution in [-0.2, 0) is 28.3 Å². The van der Waals surface area contributed by atoms with E-state index in [4.69, 9.17) is 4.74 Å². The molecule has 2 aliphatic heterocycles. The number of hydrogen-bond acceptors (Lipinski definition) is 5. The summed E-state index contributed by atoms with van der Waals surface area (Å²) in [5.41, 5.74) is -0.419. The number of halogens is 2. The van der Waals surface area contributed by atoms with Gasteiger partial charge in [-0.3, -0.25) is 4.79 Å². The average molecular weight is 457 g/mol. The van der Waals surface area contributed by atoms with Crippen molar-refractivity contribution in [2.24, 2.45) is 0 Å². The van der Waals surface area contributed by atoms with Crippen LogP contribution in [0.1, 0.15) is 30.0 Å². The molecule has 0 aliphatic carbocycles. The van der Waals surface area contributed by atoms with Crippen LogP contribution < -0.4 is 10.7 Å². The highest BCUT2D eigenvalue weighted by Crippen LogP contribution is 2.39. The fraction of sp³-hybridized carbons (Fsp3) is 0.348. The summed E-state index contributed by atoms with van der Waals surface area (Å²) in [6, 6.07) is 4.23. The number of carbonyl (C=O) groups is 1. The van der Waals surface area contributed by atoms with Gasteiger partial charge in [0.2, 0.25) is 0 Å². The Kier molecular flexibility index (Phi) is 4.29. The summed E-state index contributed by atoms with van der Waals surface area (Å²) >= 11 is 0. The van der Waals surface area contributed by atoms with Crippen molar-refractivity contribution in [1.82, 2.24) is 9.55 Å². The predicted molar refractivity (Wildman–Crippen MR) is 117 cm³/mol. The van der Waals surface area contributed by atoms with E-state index in [0.717, 1.165) is 16.8 Å². The molecule has 0 saturated heterocycles. The van der Waals surface area contributed by atoms with Gasteiger partial charge >= 0.3 is 5.97 Å². The zero-order valence-corrected chi connectivity index (χ0v) is 19.2. The van der Waals surface area contributed by atoms with Crippen LogP contribution >= 0.6 is 0 Å². The monoisotopic (exact) mass is 456 g/mol. The van der Waals surface area contributed by atoms with Gasteiger partial charge in [-0.1, -0.05) is 26.6 Å². The highest BCUT2D eigenvalue weighted by atomic mass is 28.3. The maximum Gasteiger partial charge on any atom is 0.343 e. The number of ether oxygens (including phenoxy) is 1. The van der Waals surface area contributed by atoms with E-state index in [9.17, 15) is 23.5 Å². The van der Waals surface area contributed by atoms with Gasteiger partial charge in [0, 0.05) is 10.9 Å². The molecule has 0 radical (unpaired) electrons. The number of hydrogen-bond donors (Lipinski definition) is 1. The minimum absolute atomic E-state index is 0.0275. The Bertz CT molecular complexity index is 1410. The Morgan fingerprint density at radius 3 is 2.59 bits per heavy atom. The van der Waals surface area contributed by atoms with Crippen molar-refractivity contribution in [1.29, 1.82) is 0 Å². The van der Waals surface area contributed by atoms with Crippen LogP contribution in [0.5, 0.6) is 0 Å². The molecular weight excluding hydrogens is 434 g/mol. The number of cyclic esters (lactones) is 1. The van der Waals surface area contributed by atoms with Crippen LogP contribution in [0.2, 0.25) is 19.6 Å². The Morgan fingerprint density at radius 2 is 1.94 bits per heavy atom. The lowest BCUT2D eigenvalue weighted by Crippen LogP contribution is -2.44. The van der Waals surface area contributed by atoms with E-state index in [1.165, 1.54) is 4.57 Å². The first-order chi connectivity index (χ1) is 15.0. The number of aromatic nitrogens is 2. The fourth-order valence-electron chi connectivity index (χ4n) is 4.94. The lowest BCUT2D eigenvalue weighted by Gasteiger charge is -2.31. The van der Waals surface area contributed by atoms with Gasteiger partial charge in [-0.15, -0.1) is 0 Å². The van der Waals surface area contributed by atoms with E-state index in [2.05, 4.69) is 24.6 Å². The highest BCUT2D eigenvalue weighted by Gasteiger charge is 2.45. The summed E-state index contributed by atoms with van der Waals surface area (Å²) in [5.74, 6) is -2.83. The number of fused-ring (bicyclic) bond motifs is 5. The molecule has 1 unspecified atom stereocenters. The first kappa shape index (κ1) is 21.0. The lowest BCUT2D eigenvalue weighted by molar-refractivity contribution is -0.172. The van der Waals surface area contributed by atoms with Crippen molar-refractivity contribution < 1.29 is 23.4 Å². The van der Waals surface area contributed by atoms with E-state index in [1.54, 1.807) is 19.1 Å². The van der Waals surface area contributed by atoms with E-state index in [1.807, 2.05) is 0 Å². The molecule has 0 spiro atoms. The second-order valence-corrected chi connectivity index (χ2v) is 14.4. The van der Waals surface area contributed by atoms with Gasteiger partial charge in [0.15, 0.2) is 17.2 Å². The number of aliphatic hydroxyl groups is 1. The molecule has 5 rings (SSSR count). The van der Waals surface area contributed by atoms with Gasteiger partial charge in [0.25, 0.3) is 5.56 Å². The van der Waals surface area contributed by atoms with Gasteiger partial charge in [0.05, 0.1) is 31.6 Å². The third-order valence-corrected chi connectivity index (χ3v) is 8.57. The first-order valence-electron chi connectivity index (χ1n) is 10.5. The minimum Gasteiger partial charge on any atom is -0.458 e. The van der Waals surface area contributed by atoms with Crippen LogP contribution in [0.4, 0.5) is 8.78 Å². The highest BCUT2D eigenvalue weighted by molar-refractivity contribution is 6.90. The summed E-state index contributed by atoms with van der Waals surface area (Å²) in [6.45, 7) is 7.94. The number of nitrogens with zero attached hydrogens (tertiary/aromatic N) is 2. The van der Waals surface area contributed by atoms with Gasteiger partial charge < -0.3 is 14.4 Å². The number of pyridine rings is 2. The summed E-state index contributed by atoms with van der Waals surface area (Å²) in [5, 5.41) is 12.5. The third kappa shape index (κ3) is 2.61. The van der Waals surface area contributed by atoms with Gasteiger partial charge in [-0.25, -0.2) is 18.6 Å². The van der Waals surface area contributed by atoms with Gasteiger partial charge in [-0.05, 0) is 35.4 Å². The van der Waals surface area contributed by atoms with E-state index < -0.39 is 31.3 Å². The maximum absolute atomic E-state index is 14.8. The molecule has 4 heterocycles. The normalized spacial score (nSPS) is 19.5. The van der Waals surface area contributed by atoms with E-state index in [0.29, 0.717) is 16.8 Å². The van der Waals surface area contributed by atoms with Gasteiger partial charge in [-0.2, -0.15) is 0 Å². The van der Waals surface area contributed by atoms with Crippen molar-refractivity contribution in [3.05, 3.63) is 56.9 Å². The standard InChI is InChI=1S/C23H22F2N2O4Si/c1-5-23(30)14-8-16-18-12(9-27(16)21(28)13(14)10-31-22(23)29)20(32(2,3)4)11-6-7-15(24)17(25)19(11)26-18/h6-8,30H,5,9-10H2,1-4H3. The van der Waals surface area contributed by atoms with Crippen LogP contribution in [0.25, 0.3) is 22.3 Å². The number of carbonyl (C=O) groups excluding carboxylic acids is 1. The SMILES string of the molecule is CCC1(O)C(=O)OCc2c1cc1n(c2=O)Cc2c-1nc1c(F)c(F)ccc1c2[Si](C)(C)C. The van der Waals surface area contributed by atoms with Crippen molar-refractivity contribution in [3.63, 3.8) is 0 Å². The number of benzene rings is 1. The van der Waals surface area contributed by atoms with Crippen molar-refractivity contribution in [3.8, 4) is 11.4 Å². The van der Waals surface area contributed by atoms with Crippen molar-refractivity contribution >= 4 is 30.1 Å². The van der Waals surface area contributed by atoms with Crippen LogP contribution in [0.3, 0.4) is 0 Å². The molecule has 2 aliphatic rings. The second-order valence-electron chi connectivity index (χ2n) is 9.42. The molecule has 3 aromatic rings. The quantitative estimate of drug-likeness (QED) is 0.371. The second kappa shape index (κ2) is 6.55. The zero-order chi connectivity index (χ0) is 23.2. The largest absolute Gasteiger partial charge is 0.458 e. The van der Waals surface area contributed by atoms with E-state index >= 15 is 0 Å². The minimum atomic E-state index is -2.10. The van der Waals surface area contributed by atoms with E-state index in [-0.39, 0.29) is 41.8 Å². The Morgan fingerprint density at radius 1 is 1.22 bits per heavy atom. The molecule has 1 aromatic carbocycles. The Hall–Kier alpha value is -2.91. The lowest BCUT2D eigenvalue weighted by atomic mass is 9.86. The number of rotatable bonds is 2. The van der Waals surface area contributed by atoms with Crippen LogP contribution in [0.15, 0.2) is 23.0 Å². The first-order valence-corrected chi connectivity index (χ1v) is 14.0. The Balaban J connectivity index is 1.90. The van der Waals surface area contributed by atoms with Gasteiger partial charge in [0.1, 0.15) is 12.1 Å². The predicted octanol–water partition coefficient (Wildman–Crippen LogP) is 2.90. The smallest absolute Gasteiger partial charge is 0.343 e. The maximum atomic E-state index is 14.8. The molecule has 0 bridgehead atoms. The number of esters is 1. The molecular formula is C23H22F2N2O4Si. The molecule has 6 nitrogen and oxygen atoms in total. The molecule has 166 valence electrons. The molecule has 0 amide bonds. The molecule has 1 N–H and O–H groups in total. The van der Waals surface area contributed by atoms with Crippen LogP contribution in [0, 0.1) is 11.6 Å². The Labute approximate surface area is 183 Å².